The number of carbonyl (C=O) groups is 1. The maximum absolute atomic E-state index is 11.6. The summed E-state index contributed by atoms with van der Waals surface area (Å²) in [4.78, 5) is 16.0. The molecule has 2 heterocycles. The van der Waals surface area contributed by atoms with E-state index in [2.05, 4.69) is 11.1 Å². The molecule has 0 spiro atoms. The molecule has 114 valence electrons. The van der Waals surface area contributed by atoms with E-state index in [0.717, 1.165) is 5.39 Å². The van der Waals surface area contributed by atoms with E-state index in [9.17, 15) is 4.79 Å². The number of nitrogens with zero attached hydrogens (tertiary/aromatic N) is 3. The van der Waals surface area contributed by atoms with Crippen LogP contribution in [0.15, 0.2) is 18.3 Å². The number of pyridine rings is 1. The highest BCUT2D eigenvalue weighted by Gasteiger charge is 2.22. The second kappa shape index (κ2) is 6.18. The van der Waals surface area contributed by atoms with Crippen molar-refractivity contribution in [2.45, 2.75) is 44.6 Å². The molecular formula is C17H19N3O2. The fourth-order valence-corrected chi connectivity index (χ4v) is 3.32. The summed E-state index contributed by atoms with van der Waals surface area (Å²) in [6, 6.07) is 5.77. The van der Waals surface area contributed by atoms with Gasteiger partial charge in [-0.05, 0) is 36.5 Å². The monoisotopic (exact) mass is 297 g/mol. The van der Waals surface area contributed by atoms with Gasteiger partial charge in [-0.2, -0.15) is 5.26 Å². The summed E-state index contributed by atoms with van der Waals surface area (Å²) in [7, 11) is 1.38. The van der Waals surface area contributed by atoms with Crippen LogP contribution >= 0.6 is 0 Å². The van der Waals surface area contributed by atoms with Crippen LogP contribution in [0.1, 0.15) is 49.3 Å². The highest BCUT2D eigenvalue weighted by molar-refractivity contribution is 5.83. The minimum atomic E-state index is -0.309. The second-order valence-electron chi connectivity index (χ2n) is 5.80. The van der Waals surface area contributed by atoms with Gasteiger partial charge >= 0.3 is 5.97 Å². The molecule has 5 nitrogen and oxygen atoms in total. The molecule has 1 aliphatic carbocycles. The van der Waals surface area contributed by atoms with E-state index in [1.807, 2.05) is 16.8 Å². The third kappa shape index (κ3) is 2.69. The molecule has 22 heavy (non-hydrogen) atoms. The molecule has 0 aromatic carbocycles. The molecule has 1 saturated carbocycles. The molecule has 0 atom stereocenters. The Labute approximate surface area is 129 Å². The number of aromatic nitrogens is 2. The van der Waals surface area contributed by atoms with Gasteiger partial charge < -0.3 is 9.30 Å². The first-order valence-electron chi connectivity index (χ1n) is 7.69. The number of nitriles is 1. The van der Waals surface area contributed by atoms with Crippen LogP contribution in [-0.2, 0) is 16.1 Å². The maximum atomic E-state index is 11.6. The number of hydrogen-bond donors (Lipinski definition) is 0. The number of fused-ring (bicyclic) bond motifs is 1. The van der Waals surface area contributed by atoms with Gasteiger partial charge in [0.25, 0.3) is 0 Å². The number of ether oxygens (including phenoxy) is 1. The molecule has 5 heteroatoms. The van der Waals surface area contributed by atoms with Crippen molar-refractivity contribution >= 4 is 17.0 Å². The van der Waals surface area contributed by atoms with Crippen molar-refractivity contribution in [3.8, 4) is 6.07 Å². The van der Waals surface area contributed by atoms with Crippen molar-refractivity contribution in [1.82, 2.24) is 9.55 Å². The van der Waals surface area contributed by atoms with Gasteiger partial charge in [-0.1, -0.05) is 19.3 Å². The van der Waals surface area contributed by atoms with Crippen LogP contribution in [0.3, 0.4) is 0 Å². The lowest BCUT2D eigenvalue weighted by molar-refractivity contribution is -0.141. The number of methoxy groups -OCH3 is 1. The lowest BCUT2D eigenvalue weighted by atomic mass is 9.84. The predicted molar refractivity (Wildman–Crippen MR) is 82.3 cm³/mol. The van der Waals surface area contributed by atoms with Crippen molar-refractivity contribution < 1.29 is 9.53 Å². The Morgan fingerprint density at radius 1 is 1.41 bits per heavy atom. The van der Waals surface area contributed by atoms with Gasteiger partial charge in [0, 0.05) is 11.6 Å². The first-order valence-corrected chi connectivity index (χ1v) is 7.69. The summed E-state index contributed by atoms with van der Waals surface area (Å²) in [5.41, 5.74) is 2.31. The topological polar surface area (TPSA) is 67.9 Å². The molecule has 0 saturated heterocycles. The number of rotatable bonds is 3. The van der Waals surface area contributed by atoms with Crippen LogP contribution in [0, 0.1) is 11.3 Å². The average molecular weight is 297 g/mol. The summed E-state index contributed by atoms with van der Waals surface area (Å²) < 4.78 is 6.57. The molecule has 0 aliphatic heterocycles. The SMILES string of the molecule is COC(=O)Cn1cc(C2CCCCC2)c2ccc(C#N)nc21. The Morgan fingerprint density at radius 2 is 2.18 bits per heavy atom. The zero-order valence-electron chi connectivity index (χ0n) is 12.7. The van der Waals surface area contributed by atoms with E-state index in [1.54, 1.807) is 6.07 Å². The Morgan fingerprint density at radius 3 is 2.86 bits per heavy atom. The predicted octanol–water partition coefficient (Wildman–Crippen LogP) is 3.13. The molecule has 0 bridgehead atoms. The van der Waals surface area contributed by atoms with Gasteiger partial charge in [-0.25, -0.2) is 4.98 Å². The lowest BCUT2D eigenvalue weighted by Crippen LogP contribution is -2.11. The smallest absolute Gasteiger partial charge is 0.325 e. The van der Waals surface area contributed by atoms with Gasteiger partial charge in [-0.15, -0.1) is 0 Å². The molecule has 3 rings (SSSR count). The van der Waals surface area contributed by atoms with Crippen LogP contribution in [0.5, 0.6) is 0 Å². The fourth-order valence-electron chi connectivity index (χ4n) is 3.32. The van der Waals surface area contributed by atoms with Gasteiger partial charge in [0.15, 0.2) is 0 Å². The van der Waals surface area contributed by atoms with Crippen molar-refractivity contribution in [2.24, 2.45) is 0 Å². The van der Waals surface area contributed by atoms with E-state index >= 15 is 0 Å². The third-order valence-corrected chi connectivity index (χ3v) is 4.44. The largest absolute Gasteiger partial charge is 0.468 e. The van der Waals surface area contributed by atoms with Crippen LogP contribution in [0.4, 0.5) is 0 Å². The Balaban J connectivity index is 2.08. The van der Waals surface area contributed by atoms with Crippen molar-refractivity contribution in [3.63, 3.8) is 0 Å². The molecular weight excluding hydrogens is 278 g/mol. The van der Waals surface area contributed by atoms with Crippen LogP contribution < -0.4 is 0 Å². The van der Waals surface area contributed by atoms with Gasteiger partial charge in [-0.3, -0.25) is 4.79 Å². The third-order valence-electron chi connectivity index (χ3n) is 4.44. The van der Waals surface area contributed by atoms with Crippen LogP contribution in [0.2, 0.25) is 0 Å². The Bertz CT molecular complexity index is 736. The van der Waals surface area contributed by atoms with Crippen molar-refractivity contribution in [1.29, 1.82) is 5.26 Å². The first kappa shape index (κ1) is 14.6. The van der Waals surface area contributed by atoms with E-state index in [-0.39, 0.29) is 12.5 Å². The quantitative estimate of drug-likeness (QED) is 0.816. The van der Waals surface area contributed by atoms with Gasteiger partial charge in [0.1, 0.15) is 24.0 Å². The molecule has 0 N–H and O–H groups in total. The minimum absolute atomic E-state index is 0.127. The molecule has 1 fully saturated rings. The Hall–Kier alpha value is -2.35. The van der Waals surface area contributed by atoms with E-state index in [4.69, 9.17) is 10.00 Å². The fraction of sp³-hybridized carbons (Fsp3) is 0.471. The van der Waals surface area contributed by atoms with Crippen LogP contribution in [-0.4, -0.2) is 22.6 Å². The molecule has 2 aromatic heterocycles. The normalized spacial score (nSPS) is 15.6. The first-order chi connectivity index (χ1) is 10.7. The van der Waals surface area contributed by atoms with E-state index in [0.29, 0.717) is 17.3 Å². The molecule has 1 aliphatic rings. The van der Waals surface area contributed by atoms with Crippen molar-refractivity contribution in [3.05, 3.63) is 29.6 Å². The Kier molecular flexibility index (Phi) is 4.10. The van der Waals surface area contributed by atoms with Gasteiger partial charge in [0.2, 0.25) is 0 Å². The molecule has 0 radical (unpaired) electrons. The van der Waals surface area contributed by atoms with E-state index in [1.165, 1.54) is 44.8 Å². The zero-order valence-corrected chi connectivity index (χ0v) is 12.7. The number of esters is 1. The minimum Gasteiger partial charge on any atom is -0.468 e. The summed E-state index contributed by atoms with van der Waals surface area (Å²) >= 11 is 0. The summed E-state index contributed by atoms with van der Waals surface area (Å²) in [5, 5.41) is 10.1. The number of carbonyl (C=O) groups excluding carboxylic acids is 1. The summed E-state index contributed by atoms with van der Waals surface area (Å²) in [6.07, 6.45) is 8.17. The number of hydrogen-bond acceptors (Lipinski definition) is 4. The average Bonchev–Trinajstić information content (AvgIpc) is 2.93. The second-order valence-corrected chi connectivity index (χ2v) is 5.80. The van der Waals surface area contributed by atoms with E-state index < -0.39 is 0 Å². The molecule has 0 unspecified atom stereocenters. The summed E-state index contributed by atoms with van der Waals surface area (Å²) in [6.45, 7) is 0.127. The summed E-state index contributed by atoms with van der Waals surface area (Å²) in [5.74, 6) is 0.209. The van der Waals surface area contributed by atoms with Crippen LogP contribution in [0.25, 0.3) is 11.0 Å². The van der Waals surface area contributed by atoms with Gasteiger partial charge in [0.05, 0.1) is 7.11 Å². The standard InChI is InChI=1S/C17H19N3O2/c1-22-16(21)11-20-10-15(12-5-3-2-4-6-12)14-8-7-13(9-18)19-17(14)20/h7-8,10,12H,2-6,11H2,1H3. The highest BCUT2D eigenvalue weighted by Crippen LogP contribution is 2.37. The maximum Gasteiger partial charge on any atom is 0.325 e. The molecule has 2 aromatic rings. The highest BCUT2D eigenvalue weighted by atomic mass is 16.5. The van der Waals surface area contributed by atoms with Crippen molar-refractivity contribution in [2.75, 3.05) is 7.11 Å². The lowest BCUT2D eigenvalue weighted by Gasteiger charge is -2.21. The molecule has 0 amide bonds. The zero-order chi connectivity index (χ0) is 15.5.